The highest BCUT2D eigenvalue weighted by molar-refractivity contribution is 6.02. The Balaban J connectivity index is 1.60. The van der Waals surface area contributed by atoms with Gasteiger partial charge in [-0.25, -0.2) is 0 Å². The van der Waals surface area contributed by atoms with E-state index in [1.165, 1.54) is 5.56 Å². The molecule has 2 aromatic heterocycles. The van der Waals surface area contributed by atoms with Gasteiger partial charge < -0.3 is 14.3 Å². The van der Waals surface area contributed by atoms with Crippen LogP contribution in [0.5, 0.6) is 0 Å². The van der Waals surface area contributed by atoms with E-state index in [0.29, 0.717) is 6.54 Å². The molecule has 6 rings (SSSR count). The van der Waals surface area contributed by atoms with Gasteiger partial charge in [0.05, 0.1) is 18.3 Å². The van der Waals surface area contributed by atoms with Crippen LogP contribution in [0.25, 0.3) is 22.2 Å². The van der Waals surface area contributed by atoms with E-state index in [-0.39, 0.29) is 11.9 Å². The molecule has 4 nitrogen and oxygen atoms in total. The third-order valence-electron chi connectivity index (χ3n) is 6.54. The van der Waals surface area contributed by atoms with Crippen molar-refractivity contribution in [3.63, 3.8) is 0 Å². The number of fused-ring (bicyclic) bond motifs is 2. The van der Waals surface area contributed by atoms with Crippen LogP contribution in [0.15, 0.2) is 89.3 Å². The lowest BCUT2D eigenvalue weighted by Crippen LogP contribution is -2.28. The second-order valence-corrected chi connectivity index (χ2v) is 8.76. The molecule has 4 heteroatoms. The van der Waals surface area contributed by atoms with Crippen LogP contribution in [0.4, 0.5) is 0 Å². The maximum absolute atomic E-state index is 13.6. The first-order chi connectivity index (χ1) is 16.1. The topological polar surface area (TPSA) is 49.2 Å². The minimum atomic E-state index is -0.216. The number of para-hydroxylation sites is 1. The second kappa shape index (κ2) is 7.52. The zero-order valence-electron chi connectivity index (χ0n) is 18.6. The number of nitrogens with one attached hydrogen (secondary N) is 1. The first kappa shape index (κ1) is 19.6. The smallest absolute Gasteiger partial charge is 0.255 e. The third kappa shape index (κ3) is 3.18. The van der Waals surface area contributed by atoms with Gasteiger partial charge in [0, 0.05) is 22.0 Å². The fraction of sp³-hybridized carbons (Fsp3) is 0.138. The van der Waals surface area contributed by atoms with Gasteiger partial charge in [-0.3, -0.25) is 4.79 Å². The van der Waals surface area contributed by atoms with Crippen molar-refractivity contribution in [2.45, 2.75) is 26.4 Å². The van der Waals surface area contributed by atoms with E-state index in [0.717, 1.165) is 50.4 Å². The summed E-state index contributed by atoms with van der Waals surface area (Å²) >= 11 is 0. The first-order valence-corrected chi connectivity index (χ1v) is 11.2. The summed E-state index contributed by atoms with van der Waals surface area (Å²) in [7, 11) is 0. The van der Waals surface area contributed by atoms with Gasteiger partial charge in [-0.05, 0) is 49.2 Å². The lowest BCUT2D eigenvalue weighted by molar-refractivity contribution is 0.0723. The fourth-order valence-electron chi connectivity index (χ4n) is 4.98. The highest BCUT2D eigenvalue weighted by Gasteiger charge is 2.40. The number of aromatic nitrogens is 1. The molecule has 1 N–H and O–H groups in total. The van der Waals surface area contributed by atoms with E-state index in [2.05, 4.69) is 60.4 Å². The lowest BCUT2D eigenvalue weighted by atomic mass is 9.93. The summed E-state index contributed by atoms with van der Waals surface area (Å²) in [6.07, 6.45) is 0. The van der Waals surface area contributed by atoms with Crippen molar-refractivity contribution in [3.8, 4) is 11.3 Å². The van der Waals surface area contributed by atoms with Gasteiger partial charge in [-0.2, -0.15) is 0 Å². The summed E-state index contributed by atoms with van der Waals surface area (Å²) in [5, 5.41) is 1.13. The van der Waals surface area contributed by atoms with Gasteiger partial charge >= 0.3 is 0 Å². The summed E-state index contributed by atoms with van der Waals surface area (Å²) in [6.45, 7) is 4.43. The lowest BCUT2D eigenvalue weighted by Gasteiger charge is -2.26. The average molecular weight is 433 g/mol. The van der Waals surface area contributed by atoms with Crippen LogP contribution in [0, 0.1) is 13.8 Å². The first-order valence-electron chi connectivity index (χ1n) is 11.2. The van der Waals surface area contributed by atoms with E-state index in [1.807, 2.05) is 48.2 Å². The number of hydrogen-bond acceptors (Lipinski definition) is 2. The normalized spacial score (nSPS) is 15.4. The zero-order valence-corrected chi connectivity index (χ0v) is 18.6. The Kier molecular flexibility index (Phi) is 4.47. The van der Waals surface area contributed by atoms with Gasteiger partial charge in [0.1, 0.15) is 11.5 Å². The summed E-state index contributed by atoms with van der Waals surface area (Å²) < 4.78 is 5.87. The molecule has 0 aliphatic carbocycles. The average Bonchev–Trinajstić information content (AvgIpc) is 3.49. The molecular formula is C29H24N2O2. The maximum Gasteiger partial charge on any atom is 0.255 e. The number of aryl methyl sites for hydroxylation is 2. The number of amides is 1. The van der Waals surface area contributed by atoms with E-state index >= 15 is 0 Å². The summed E-state index contributed by atoms with van der Waals surface area (Å²) in [6, 6.07) is 28.5. The largest absolute Gasteiger partial charge is 0.464 e. The van der Waals surface area contributed by atoms with Crippen LogP contribution in [-0.2, 0) is 6.54 Å². The van der Waals surface area contributed by atoms with Crippen molar-refractivity contribution < 1.29 is 9.21 Å². The molecule has 0 spiro atoms. The van der Waals surface area contributed by atoms with Crippen molar-refractivity contribution in [2.75, 3.05) is 0 Å². The second-order valence-electron chi connectivity index (χ2n) is 8.76. The molecule has 0 radical (unpaired) electrons. The fourth-order valence-corrected chi connectivity index (χ4v) is 4.98. The summed E-state index contributed by atoms with van der Waals surface area (Å²) in [4.78, 5) is 19.2. The molecular weight excluding hydrogens is 408 g/mol. The van der Waals surface area contributed by atoms with Crippen LogP contribution in [0.3, 0.4) is 0 Å². The van der Waals surface area contributed by atoms with Gasteiger partial charge in [0.15, 0.2) is 0 Å². The van der Waals surface area contributed by atoms with Crippen molar-refractivity contribution in [1.82, 2.24) is 9.88 Å². The number of furan rings is 1. The molecule has 33 heavy (non-hydrogen) atoms. The summed E-state index contributed by atoms with van der Waals surface area (Å²) in [5.74, 6) is 1.67. The van der Waals surface area contributed by atoms with Crippen LogP contribution < -0.4 is 0 Å². The Bertz CT molecular complexity index is 1490. The Morgan fingerprint density at radius 1 is 0.879 bits per heavy atom. The number of carbonyl (C=O) groups excluding carboxylic acids is 1. The van der Waals surface area contributed by atoms with E-state index in [9.17, 15) is 4.79 Å². The van der Waals surface area contributed by atoms with E-state index in [1.54, 1.807) is 0 Å². The minimum absolute atomic E-state index is 0.0322. The molecule has 1 aliphatic rings. The molecule has 0 saturated carbocycles. The molecule has 1 amide bonds. The Morgan fingerprint density at radius 3 is 2.42 bits per heavy atom. The molecule has 0 unspecified atom stereocenters. The molecule has 0 bridgehead atoms. The van der Waals surface area contributed by atoms with Crippen LogP contribution in [-0.4, -0.2) is 15.8 Å². The molecule has 1 aliphatic heterocycles. The molecule has 162 valence electrons. The van der Waals surface area contributed by atoms with E-state index in [4.69, 9.17) is 4.42 Å². The van der Waals surface area contributed by atoms with Crippen LogP contribution >= 0.6 is 0 Å². The molecule has 3 aromatic carbocycles. The predicted octanol–water partition coefficient (Wildman–Crippen LogP) is 6.79. The van der Waals surface area contributed by atoms with Crippen LogP contribution in [0.1, 0.15) is 44.6 Å². The minimum Gasteiger partial charge on any atom is -0.464 e. The quantitative estimate of drug-likeness (QED) is 0.340. The highest BCUT2D eigenvalue weighted by atomic mass is 16.3. The number of carbonyl (C=O) groups is 1. The number of rotatable bonds is 4. The van der Waals surface area contributed by atoms with Gasteiger partial charge in [0.25, 0.3) is 5.91 Å². The van der Waals surface area contributed by atoms with Gasteiger partial charge in [0.2, 0.25) is 0 Å². The number of benzene rings is 3. The maximum atomic E-state index is 13.6. The SMILES string of the molecule is Cc1ccc(-c2[nH]c3ccccc3c2[C@@H]2c3ccccc3C(=O)N2Cc2ccc(C)o2)cc1. The van der Waals surface area contributed by atoms with Crippen molar-refractivity contribution >= 4 is 16.8 Å². The molecule has 0 fully saturated rings. The predicted molar refractivity (Wildman–Crippen MR) is 130 cm³/mol. The monoisotopic (exact) mass is 432 g/mol. The number of H-pyrrole nitrogens is 1. The van der Waals surface area contributed by atoms with Gasteiger partial charge in [-0.1, -0.05) is 66.2 Å². The van der Waals surface area contributed by atoms with Gasteiger partial charge in [-0.15, -0.1) is 0 Å². The third-order valence-corrected chi connectivity index (χ3v) is 6.54. The number of hydrogen-bond donors (Lipinski definition) is 1. The molecule has 5 aromatic rings. The molecule has 0 saturated heterocycles. The van der Waals surface area contributed by atoms with Crippen molar-refractivity contribution in [3.05, 3.63) is 119 Å². The molecule has 1 atom stereocenters. The van der Waals surface area contributed by atoms with E-state index < -0.39 is 0 Å². The summed E-state index contributed by atoms with van der Waals surface area (Å²) in [5.41, 5.74) is 7.34. The highest BCUT2D eigenvalue weighted by Crippen LogP contribution is 2.46. The molecule has 3 heterocycles. The Hall–Kier alpha value is -4.05. The standard InChI is InChI=1S/C29H24N2O2/c1-18-11-14-20(15-12-18)27-26(24-9-5-6-10-25(24)30-27)28-22-7-3-4-8-23(22)29(32)31(28)17-21-16-13-19(2)33-21/h3-16,28,30H,17H2,1-2H3/t28-/m0/s1. The Labute approximate surface area is 192 Å². The van der Waals surface area contributed by atoms with Crippen LogP contribution in [0.2, 0.25) is 0 Å². The Morgan fingerprint density at radius 2 is 1.64 bits per heavy atom. The number of aromatic amines is 1. The number of nitrogens with zero attached hydrogens (tertiary/aromatic N) is 1. The van der Waals surface area contributed by atoms with Crippen molar-refractivity contribution in [1.29, 1.82) is 0 Å². The zero-order chi connectivity index (χ0) is 22.5. The van der Waals surface area contributed by atoms with Crippen molar-refractivity contribution in [2.24, 2.45) is 0 Å².